The zero-order valence-electron chi connectivity index (χ0n) is 16.8. The predicted octanol–water partition coefficient (Wildman–Crippen LogP) is 5.87. The number of oxazole rings is 1. The number of nitrogens with zero attached hydrogens (tertiary/aromatic N) is 2. The quantitative estimate of drug-likeness (QED) is 0.418. The number of benzene rings is 2. The van der Waals surface area contributed by atoms with E-state index >= 15 is 0 Å². The fourth-order valence-corrected chi connectivity index (χ4v) is 2.98. The predicted molar refractivity (Wildman–Crippen MR) is 113 cm³/mol. The highest BCUT2D eigenvalue weighted by Crippen LogP contribution is 2.29. The second-order valence-electron chi connectivity index (χ2n) is 6.95. The van der Waals surface area contributed by atoms with Gasteiger partial charge in [0.25, 0.3) is 5.89 Å². The molecule has 2 aromatic carbocycles. The normalized spacial score (nSPS) is 11.6. The summed E-state index contributed by atoms with van der Waals surface area (Å²) in [5.41, 5.74) is 2.43. The molecule has 1 atom stereocenters. The maximum Gasteiger partial charge on any atom is 0.266 e. The summed E-state index contributed by atoms with van der Waals surface area (Å²) in [6.07, 6.45) is 0. The van der Waals surface area contributed by atoms with Gasteiger partial charge in [-0.1, -0.05) is 48.0 Å². The average molecular weight is 399 g/mol. The Morgan fingerprint density at radius 3 is 2.53 bits per heavy atom. The zero-order valence-corrected chi connectivity index (χ0v) is 16.8. The molecule has 0 saturated heterocycles. The Labute approximate surface area is 174 Å². The molecule has 6 nitrogen and oxygen atoms in total. The Morgan fingerprint density at radius 2 is 1.80 bits per heavy atom. The van der Waals surface area contributed by atoms with Crippen LogP contribution in [0.3, 0.4) is 0 Å². The van der Waals surface area contributed by atoms with E-state index in [1.165, 1.54) is 5.56 Å². The van der Waals surface area contributed by atoms with Crippen molar-refractivity contribution >= 4 is 5.88 Å². The number of hydrogen-bond donors (Lipinski definition) is 1. The van der Waals surface area contributed by atoms with Gasteiger partial charge in [-0.2, -0.15) is 10.2 Å². The Balaban J connectivity index is 1.47. The second kappa shape index (κ2) is 8.58. The second-order valence-corrected chi connectivity index (χ2v) is 6.95. The van der Waals surface area contributed by atoms with E-state index in [0.717, 1.165) is 11.3 Å². The van der Waals surface area contributed by atoms with Gasteiger partial charge in [-0.3, -0.25) is 0 Å². The number of ether oxygens (including phenoxy) is 1. The van der Waals surface area contributed by atoms with Gasteiger partial charge in [0.1, 0.15) is 24.2 Å². The van der Waals surface area contributed by atoms with Gasteiger partial charge < -0.3 is 18.9 Å². The Kier molecular flexibility index (Phi) is 5.53. The lowest BCUT2D eigenvalue weighted by Gasteiger charge is -2.12. The number of rotatable bonds is 7. The molecule has 0 fully saturated rings. The van der Waals surface area contributed by atoms with Gasteiger partial charge in [-0.25, -0.2) is 0 Å². The van der Waals surface area contributed by atoms with Crippen LogP contribution >= 0.6 is 0 Å². The third kappa shape index (κ3) is 4.36. The molecule has 4 aromatic rings. The largest absolute Gasteiger partial charge is 0.486 e. The number of furan rings is 1. The van der Waals surface area contributed by atoms with Gasteiger partial charge in [0.15, 0.2) is 5.76 Å². The van der Waals surface area contributed by atoms with Gasteiger partial charge in [0.05, 0.1) is 6.04 Å². The van der Waals surface area contributed by atoms with E-state index in [2.05, 4.69) is 16.4 Å². The summed E-state index contributed by atoms with van der Waals surface area (Å²) in [4.78, 5) is 4.26. The van der Waals surface area contributed by atoms with Gasteiger partial charge >= 0.3 is 0 Å². The summed E-state index contributed by atoms with van der Waals surface area (Å²) >= 11 is 0. The van der Waals surface area contributed by atoms with Gasteiger partial charge in [0, 0.05) is 0 Å². The molecule has 4 rings (SSSR count). The lowest BCUT2D eigenvalue weighted by Crippen LogP contribution is -2.06. The molecule has 30 heavy (non-hydrogen) atoms. The van der Waals surface area contributed by atoms with Crippen LogP contribution in [0.25, 0.3) is 11.7 Å². The van der Waals surface area contributed by atoms with Crippen molar-refractivity contribution in [3.05, 3.63) is 89.3 Å². The first-order valence-corrected chi connectivity index (χ1v) is 9.63. The Hall–Kier alpha value is -3.98. The summed E-state index contributed by atoms with van der Waals surface area (Å²) in [5, 5.41) is 12.6. The maximum absolute atomic E-state index is 9.43. The molecule has 2 aromatic heterocycles. The monoisotopic (exact) mass is 399 g/mol. The molecule has 0 unspecified atom stereocenters. The molecule has 0 saturated carbocycles. The van der Waals surface area contributed by atoms with Crippen molar-refractivity contribution < 1.29 is 13.6 Å². The molecule has 1 N–H and O–H groups in total. The van der Waals surface area contributed by atoms with Gasteiger partial charge in [-0.05, 0) is 43.7 Å². The van der Waals surface area contributed by atoms with Crippen LogP contribution in [0.2, 0.25) is 0 Å². The van der Waals surface area contributed by atoms with Crippen LogP contribution in [-0.2, 0) is 6.61 Å². The molecule has 0 aliphatic rings. The summed E-state index contributed by atoms with van der Waals surface area (Å²) in [7, 11) is 0. The van der Waals surface area contributed by atoms with Crippen molar-refractivity contribution in [3.63, 3.8) is 0 Å². The van der Waals surface area contributed by atoms with Crippen molar-refractivity contribution in [1.82, 2.24) is 4.98 Å². The van der Waals surface area contributed by atoms with Crippen LogP contribution in [0.5, 0.6) is 5.75 Å². The highest BCUT2D eigenvalue weighted by Gasteiger charge is 2.19. The summed E-state index contributed by atoms with van der Waals surface area (Å²) in [6.45, 7) is 4.30. The van der Waals surface area contributed by atoms with Crippen molar-refractivity contribution in [2.45, 2.75) is 26.5 Å². The topological polar surface area (TPSA) is 84.2 Å². The van der Waals surface area contributed by atoms with Crippen molar-refractivity contribution in [2.24, 2.45) is 0 Å². The fraction of sp³-hybridized carbons (Fsp3) is 0.167. The van der Waals surface area contributed by atoms with E-state index in [9.17, 15) is 5.26 Å². The standard InChI is InChI=1S/C24H21N3O3/c1-16-8-10-19(11-9-16)28-15-20-12-13-22(29-20)24-27-21(14-25)23(30-24)26-17(2)18-6-4-3-5-7-18/h3-13,17,26H,15H2,1-2H3/t17-/m0/s1. The SMILES string of the molecule is Cc1ccc(OCc2ccc(-c3nc(C#N)c(N[C@@H](C)c4ccccc4)o3)o2)cc1. The number of anilines is 1. The number of aromatic nitrogens is 1. The van der Waals surface area contributed by atoms with Crippen molar-refractivity contribution in [1.29, 1.82) is 5.26 Å². The van der Waals surface area contributed by atoms with E-state index in [0.29, 0.717) is 17.4 Å². The molecule has 0 bridgehead atoms. The number of nitriles is 1. The highest BCUT2D eigenvalue weighted by atomic mass is 16.5. The average Bonchev–Trinajstić information content (AvgIpc) is 3.41. The van der Waals surface area contributed by atoms with E-state index < -0.39 is 0 Å². The lowest BCUT2D eigenvalue weighted by molar-refractivity contribution is 0.271. The fourth-order valence-electron chi connectivity index (χ4n) is 2.98. The molecule has 150 valence electrons. The maximum atomic E-state index is 9.43. The van der Waals surface area contributed by atoms with Crippen LogP contribution in [0.4, 0.5) is 5.88 Å². The summed E-state index contributed by atoms with van der Waals surface area (Å²) < 4.78 is 17.3. The highest BCUT2D eigenvalue weighted by molar-refractivity contribution is 5.55. The van der Waals surface area contributed by atoms with E-state index in [1.807, 2.05) is 68.4 Å². The molecule has 0 aliphatic heterocycles. The molecule has 0 radical (unpaired) electrons. The lowest BCUT2D eigenvalue weighted by atomic mass is 10.1. The molecular weight excluding hydrogens is 378 g/mol. The molecular formula is C24H21N3O3. The minimum absolute atomic E-state index is 0.0471. The molecule has 6 heteroatoms. The number of aryl methyl sites for hydroxylation is 1. The van der Waals surface area contributed by atoms with Crippen molar-refractivity contribution in [3.8, 4) is 23.5 Å². The van der Waals surface area contributed by atoms with Crippen LogP contribution in [0.15, 0.2) is 75.6 Å². The minimum atomic E-state index is -0.0471. The van der Waals surface area contributed by atoms with Crippen molar-refractivity contribution in [2.75, 3.05) is 5.32 Å². The van der Waals surface area contributed by atoms with E-state index in [-0.39, 0.29) is 24.2 Å². The first-order chi connectivity index (χ1) is 14.6. The smallest absolute Gasteiger partial charge is 0.266 e. The van der Waals surface area contributed by atoms with Crippen LogP contribution in [-0.4, -0.2) is 4.98 Å². The summed E-state index contributed by atoms with van der Waals surface area (Å²) in [5.74, 6) is 2.40. The Morgan fingerprint density at radius 1 is 1.03 bits per heavy atom. The van der Waals surface area contributed by atoms with Gasteiger partial charge in [0.2, 0.25) is 11.6 Å². The third-order valence-corrected chi connectivity index (χ3v) is 4.65. The van der Waals surface area contributed by atoms with E-state index in [1.54, 1.807) is 12.1 Å². The first kappa shape index (κ1) is 19.3. The molecule has 0 spiro atoms. The summed E-state index contributed by atoms with van der Waals surface area (Å²) in [6, 6.07) is 23.3. The zero-order chi connectivity index (χ0) is 20.9. The van der Waals surface area contributed by atoms with Crippen LogP contribution < -0.4 is 10.1 Å². The van der Waals surface area contributed by atoms with Gasteiger partial charge in [-0.15, -0.1) is 0 Å². The molecule has 2 heterocycles. The van der Waals surface area contributed by atoms with E-state index in [4.69, 9.17) is 13.6 Å². The van der Waals surface area contributed by atoms with Crippen LogP contribution in [0, 0.1) is 18.3 Å². The molecule has 0 aliphatic carbocycles. The first-order valence-electron chi connectivity index (χ1n) is 9.63. The number of nitrogens with one attached hydrogen (secondary N) is 1. The number of hydrogen-bond acceptors (Lipinski definition) is 6. The molecule has 0 amide bonds. The van der Waals surface area contributed by atoms with Crippen LogP contribution in [0.1, 0.15) is 35.5 Å². The Bertz CT molecular complexity index is 1150. The minimum Gasteiger partial charge on any atom is -0.486 e. The third-order valence-electron chi connectivity index (χ3n) is 4.65.